The van der Waals surface area contributed by atoms with Crippen molar-refractivity contribution in [1.29, 1.82) is 0 Å². The van der Waals surface area contributed by atoms with Crippen LogP contribution in [0.4, 0.5) is 0 Å². The molecule has 0 aromatic heterocycles. The van der Waals surface area contributed by atoms with Crippen LogP contribution in [-0.2, 0) is 0 Å². The fourth-order valence-corrected chi connectivity index (χ4v) is 1.56. The summed E-state index contributed by atoms with van der Waals surface area (Å²) >= 11 is 0. The fraction of sp³-hybridized carbons (Fsp3) is 0.818. The van der Waals surface area contributed by atoms with Crippen LogP contribution in [0.25, 0.3) is 0 Å². The molecule has 0 aliphatic rings. The first-order valence-corrected chi connectivity index (χ1v) is 5.06. The van der Waals surface area contributed by atoms with Crippen LogP contribution in [0, 0.1) is 5.92 Å². The van der Waals surface area contributed by atoms with Gasteiger partial charge in [0.1, 0.15) is 0 Å². The summed E-state index contributed by atoms with van der Waals surface area (Å²) in [5, 5.41) is 0. The van der Waals surface area contributed by atoms with Crippen LogP contribution in [0.3, 0.4) is 0 Å². The average molecular weight is 169 g/mol. The smallest absolute Gasteiger partial charge is 0.00425 e. The van der Waals surface area contributed by atoms with E-state index in [1.807, 2.05) is 0 Å². The third kappa shape index (κ3) is 6.41. The fourth-order valence-electron chi connectivity index (χ4n) is 1.56. The first-order chi connectivity index (χ1) is 5.70. The molecule has 0 saturated carbocycles. The quantitative estimate of drug-likeness (QED) is 0.607. The Bertz CT molecular complexity index is 127. The number of hydrogen-bond donors (Lipinski definition) is 1. The summed E-state index contributed by atoms with van der Waals surface area (Å²) in [6, 6.07) is 0. The summed E-state index contributed by atoms with van der Waals surface area (Å²) in [6.45, 7) is 7.56. The summed E-state index contributed by atoms with van der Waals surface area (Å²) in [6.07, 6.45) is 7.18. The molecule has 0 amide bonds. The second-order valence-corrected chi connectivity index (χ2v) is 3.73. The van der Waals surface area contributed by atoms with Crippen molar-refractivity contribution < 1.29 is 0 Å². The third-order valence-corrected chi connectivity index (χ3v) is 2.11. The molecule has 0 aromatic rings. The van der Waals surface area contributed by atoms with Gasteiger partial charge in [-0.05, 0) is 32.2 Å². The molecule has 12 heavy (non-hydrogen) atoms. The van der Waals surface area contributed by atoms with Gasteiger partial charge in [-0.2, -0.15) is 0 Å². The summed E-state index contributed by atoms with van der Waals surface area (Å²) < 4.78 is 0. The second-order valence-electron chi connectivity index (χ2n) is 3.73. The summed E-state index contributed by atoms with van der Waals surface area (Å²) in [4.78, 5) is 0. The van der Waals surface area contributed by atoms with E-state index in [1.54, 1.807) is 0 Å². The lowest BCUT2D eigenvalue weighted by Gasteiger charge is -2.09. The molecule has 0 rings (SSSR count). The van der Waals surface area contributed by atoms with Crippen molar-refractivity contribution in [3.05, 3.63) is 11.6 Å². The first kappa shape index (κ1) is 11.7. The Kier molecular flexibility index (Phi) is 7.17. The van der Waals surface area contributed by atoms with E-state index < -0.39 is 0 Å². The standard InChI is InChI=1S/C11H23N/c1-4-6-10(2)9-11(3)7-5-8-12/h7,10H,4-6,8-9,12H2,1-3H3. The van der Waals surface area contributed by atoms with E-state index >= 15 is 0 Å². The highest BCUT2D eigenvalue weighted by Crippen LogP contribution is 2.15. The van der Waals surface area contributed by atoms with Crippen LogP contribution in [0.15, 0.2) is 11.6 Å². The topological polar surface area (TPSA) is 26.0 Å². The van der Waals surface area contributed by atoms with Gasteiger partial charge in [-0.15, -0.1) is 0 Å². The van der Waals surface area contributed by atoms with Crippen molar-refractivity contribution in [1.82, 2.24) is 0 Å². The predicted octanol–water partition coefficient (Wildman–Crippen LogP) is 3.11. The maximum Gasteiger partial charge on any atom is -0.00425 e. The number of nitrogens with two attached hydrogens (primary N) is 1. The maximum atomic E-state index is 5.42. The lowest BCUT2D eigenvalue weighted by Crippen LogP contribution is -1.98. The van der Waals surface area contributed by atoms with Crippen LogP contribution < -0.4 is 5.73 Å². The average Bonchev–Trinajstić information content (AvgIpc) is 2.01. The minimum atomic E-state index is 0.777. The molecule has 0 saturated heterocycles. The molecule has 0 radical (unpaired) electrons. The zero-order valence-corrected chi connectivity index (χ0v) is 8.77. The number of hydrogen-bond acceptors (Lipinski definition) is 1. The minimum Gasteiger partial charge on any atom is -0.330 e. The van der Waals surface area contributed by atoms with E-state index in [-0.39, 0.29) is 0 Å². The highest BCUT2D eigenvalue weighted by atomic mass is 14.5. The Morgan fingerprint density at radius 3 is 2.67 bits per heavy atom. The van der Waals surface area contributed by atoms with Gasteiger partial charge in [0.05, 0.1) is 0 Å². The van der Waals surface area contributed by atoms with Gasteiger partial charge in [0.2, 0.25) is 0 Å². The van der Waals surface area contributed by atoms with Crippen LogP contribution >= 0.6 is 0 Å². The minimum absolute atomic E-state index is 0.777. The van der Waals surface area contributed by atoms with Crippen LogP contribution in [0.2, 0.25) is 0 Å². The van der Waals surface area contributed by atoms with E-state index in [4.69, 9.17) is 5.73 Å². The van der Waals surface area contributed by atoms with E-state index in [0.717, 1.165) is 18.9 Å². The van der Waals surface area contributed by atoms with Gasteiger partial charge in [-0.3, -0.25) is 0 Å². The third-order valence-electron chi connectivity index (χ3n) is 2.11. The molecule has 0 aromatic carbocycles. The Hall–Kier alpha value is -0.300. The van der Waals surface area contributed by atoms with Crippen LogP contribution in [0.1, 0.15) is 46.5 Å². The van der Waals surface area contributed by atoms with Crippen molar-refractivity contribution in [2.24, 2.45) is 11.7 Å². The Morgan fingerprint density at radius 1 is 1.50 bits per heavy atom. The number of rotatable bonds is 6. The lowest BCUT2D eigenvalue weighted by molar-refractivity contribution is 0.519. The van der Waals surface area contributed by atoms with Gasteiger partial charge in [-0.25, -0.2) is 0 Å². The van der Waals surface area contributed by atoms with E-state index in [9.17, 15) is 0 Å². The van der Waals surface area contributed by atoms with E-state index in [1.165, 1.54) is 24.8 Å². The first-order valence-electron chi connectivity index (χ1n) is 5.06. The van der Waals surface area contributed by atoms with Gasteiger partial charge in [-0.1, -0.05) is 38.3 Å². The monoisotopic (exact) mass is 169 g/mol. The molecule has 1 atom stereocenters. The highest BCUT2D eigenvalue weighted by molar-refractivity contribution is 4.98. The molecule has 1 unspecified atom stereocenters. The Labute approximate surface area is 77.0 Å². The van der Waals surface area contributed by atoms with Crippen molar-refractivity contribution >= 4 is 0 Å². The van der Waals surface area contributed by atoms with Crippen molar-refractivity contribution in [2.75, 3.05) is 6.54 Å². The molecule has 0 heterocycles. The zero-order valence-electron chi connectivity index (χ0n) is 8.77. The normalized spacial score (nSPS) is 14.8. The van der Waals surface area contributed by atoms with Gasteiger partial charge >= 0.3 is 0 Å². The Balaban J connectivity index is 3.59. The molecule has 0 spiro atoms. The van der Waals surface area contributed by atoms with Crippen LogP contribution in [0.5, 0.6) is 0 Å². The summed E-state index contributed by atoms with van der Waals surface area (Å²) in [5.41, 5.74) is 6.92. The summed E-state index contributed by atoms with van der Waals surface area (Å²) in [7, 11) is 0. The summed E-state index contributed by atoms with van der Waals surface area (Å²) in [5.74, 6) is 0.837. The molecule has 1 nitrogen and oxygen atoms in total. The van der Waals surface area contributed by atoms with Gasteiger partial charge in [0, 0.05) is 0 Å². The highest BCUT2D eigenvalue weighted by Gasteiger charge is 2.00. The molecule has 72 valence electrons. The van der Waals surface area contributed by atoms with Gasteiger partial charge < -0.3 is 5.73 Å². The predicted molar refractivity (Wildman–Crippen MR) is 56.1 cm³/mol. The molecule has 0 aliphatic heterocycles. The van der Waals surface area contributed by atoms with Crippen molar-refractivity contribution in [2.45, 2.75) is 46.5 Å². The molecular weight excluding hydrogens is 146 g/mol. The molecule has 0 fully saturated rings. The molecule has 0 aliphatic carbocycles. The SMILES string of the molecule is CCCC(C)CC(C)=CCCN. The van der Waals surface area contributed by atoms with Gasteiger partial charge in [0.25, 0.3) is 0 Å². The Morgan fingerprint density at radius 2 is 2.17 bits per heavy atom. The number of allylic oxidation sites excluding steroid dienone is 1. The van der Waals surface area contributed by atoms with Crippen molar-refractivity contribution in [3.63, 3.8) is 0 Å². The molecule has 0 bridgehead atoms. The zero-order chi connectivity index (χ0) is 9.40. The molecular formula is C11H23N. The lowest BCUT2D eigenvalue weighted by atomic mass is 9.97. The van der Waals surface area contributed by atoms with E-state index in [0.29, 0.717) is 0 Å². The maximum absolute atomic E-state index is 5.42. The largest absolute Gasteiger partial charge is 0.330 e. The van der Waals surface area contributed by atoms with E-state index in [2.05, 4.69) is 26.8 Å². The second kappa shape index (κ2) is 7.35. The molecule has 1 heteroatoms. The van der Waals surface area contributed by atoms with Gasteiger partial charge in [0.15, 0.2) is 0 Å². The van der Waals surface area contributed by atoms with Crippen LogP contribution in [-0.4, -0.2) is 6.54 Å². The molecule has 2 N–H and O–H groups in total. The van der Waals surface area contributed by atoms with Crippen molar-refractivity contribution in [3.8, 4) is 0 Å².